The largest absolute Gasteiger partial charge is 0.379 e. The Bertz CT molecular complexity index is 1140. The van der Waals surface area contributed by atoms with E-state index in [4.69, 9.17) is 16.3 Å². The van der Waals surface area contributed by atoms with E-state index in [0.717, 1.165) is 10.9 Å². The molecule has 3 aromatic rings. The zero-order chi connectivity index (χ0) is 19.7. The van der Waals surface area contributed by atoms with Gasteiger partial charge >= 0.3 is 0 Å². The highest BCUT2D eigenvalue weighted by atomic mass is 35.5. The SMILES string of the molecule is O=C(Nc1cc(S(=O)(=O)N2CCOCC2)ccc1Cl)c1ccc2cc[nH]c2c1. The predicted molar refractivity (Wildman–Crippen MR) is 107 cm³/mol. The number of amides is 1. The average Bonchev–Trinajstić information content (AvgIpc) is 3.18. The van der Waals surface area contributed by atoms with E-state index in [9.17, 15) is 13.2 Å². The second-order valence-electron chi connectivity index (χ2n) is 6.39. The second-order valence-corrected chi connectivity index (χ2v) is 8.74. The first-order chi connectivity index (χ1) is 13.4. The van der Waals surface area contributed by atoms with Crippen LogP contribution in [0.3, 0.4) is 0 Å². The molecule has 4 rings (SSSR count). The van der Waals surface area contributed by atoms with Gasteiger partial charge in [0.05, 0.1) is 28.8 Å². The lowest BCUT2D eigenvalue weighted by molar-refractivity contribution is 0.0730. The molecule has 1 fully saturated rings. The molecule has 0 unspecified atom stereocenters. The number of aromatic amines is 1. The highest BCUT2D eigenvalue weighted by Gasteiger charge is 2.27. The van der Waals surface area contributed by atoms with Gasteiger partial charge in [-0.2, -0.15) is 4.31 Å². The number of rotatable bonds is 4. The maximum absolute atomic E-state index is 12.8. The summed E-state index contributed by atoms with van der Waals surface area (Å²) in [6.45, 7) is 1.31. The van der Waals surface area contributed by atoms with Crippen molar-refractivity contribution in [3.8, 4) is 0 Å². The van der Waals surface area contributed by atoms with Crippen LogP contribution in [0.2, 0.25) is 5.02 Å². The number of fused-ring (bicyclic) bond motifs is 1. The minimum absolute atomic E-state index is 0.0777. The number of nitrogens with one attached hydrogen (secondary N) is 2. The summed E-state index contributed by atoms with van der Waals surface area (Å²) in [5, 5.41) is 3.96. The van der Waals surface area contributed by atoms with Gasteiger partial charge in [0.15, 0.2) is 0 Å². The Labute approximate surface area is 167 Å². The van der Waals surface area contributed by atoms with Gasteiger partial charge < -0.3 is 15.0 Å². The van der Waals surface area contributed by atoms with E-state index in [0.29, 0.717) is 31.9 Å². The number of anilines is 1. The Kier molecular flexibility index (Phi) is 5.11. The highest BCUT2D eigenvalue weighted by Crippen LogP contribution is 2.28. The van der Waals surface area contributed by atoms with Gasteiger partial charge in [-0.3, -0.25) is 4.79 Å². The molecule has 2 N–H and O–H groups in total. The van der Waals surface area contributed by atoms with Crippen molar-refractivity contribution in [2.24, 2.45) is 0 Å². The molecule has 0 spiro atoms. The number of ether oxygens (including phenoxy) is 1. The van der Waals surface area contributed by atoms with Crippen molar-refractivity contribution in [2.45, 2.75) is 4.90 Å². The molecule has 9 heteroatoms. The van der Waals surface area contributed by atoms with Crippen molar-refractivity contribution in [2.75, 3.05) is 31.6 Å². The van der Waals surface area contributed by atoms with E-state index in [-0.39, 0.29) is 21.5 Å². The van der Waals surface area contributed by atoms with Crippen LogP contribution in [0.5, 0.6) is 0 Å². The highest BCUT2D eigenvalue weighted by molar-refractivity contribution is 7.89. The number of carbonyl (C=O) groups excluding carboxylic acids is 1. The van der Waals surface area contributed by atoms with Crippen LogP contribution in [0.25, 0.3) is 10.9 Å². The van der Waals surface area contributed by atoms with Crippen LogP contribution in [0, 0.1) is 0 Å². The standard InChI is InChI=1S/C19H18ClN3O4S/c20-16-4-3-15(28(25,26)23-7-9-27-10-8-23)12-18(16)22-19(24)14-2-1-13-5-6-21-17(13)11-14/h1-6,11-12,21H,7-10H2,(H,22,24). The van der Waals surface area contributed by atoms with Crippen molar-refractivity contribution >= 4 is 44.1 Å². The average molecular weight is 420 g/mol. The number of sulfonamides is 1. The topological polar surface area (TPSA) is 91.5 Å². The Balaban J connectivity index is 1.60. The summed E-state index contributed by atoms with van der Waals surface area (Å²) in [7, 11) is -3.68. The molecule has 0 atom stereocenters. The number of hydrogen-bond acceptors (Lipinski definition) is 4. The smallest absolute Gasteiger partial charge is 0.255 e. The van der Waals surface area contributed by atoms with Crippen molar-refractivity contribution in [3.63, 3.8) is 0 Å². The molecule has 1 saturated heterocycles. The van der Waals surface area contributed by atoms with Crippen LogP contribution < -0.4 is 5.32 Å². The maximum atomic E-state index is 12.8. The van der Waals surface area contributed by atoms with Gasteiger partial charge in [0, 0.05) is 30.4 Å². The molecule has 0 radical (unpaired) electrons. The van der Waals surface area contributed by atoms with Gasteiger partial charge in [-0.1, -0.05) is 17.7 Å². The van der Waals surface area contributed by atoms with Crippen molar-refractivity contribution < 1.29 is 17.9 Å². The molecule has 28 heavy (non-hydrogen) atoms. The summed E-state index contributed by atoms with van der Waals surface area (Å²) in [6.07, 6.45) is 1.79. The first kappa shape index (κ1) is 18.9. The van der Waals surface area contributed by atoms with E-state index in [1.807, 2.05) is 12.1 Å². The molecule has 7 nitrogen and oxygen atoms in total. The molecular formula is C19H18ClN3O4S. The van der Waals surface area contributed by atoms with Crippen LogP contribution >= 0.6 is 11.6 Å². The van der Waals surface area contributed by atoms with Crippen LogP contribution in [0.15, 0.2) is 53.6 Å². The van der Waals surface area contributed by atoms with Crippen LogP contribution in [0.1, 0.15) is 10.4 Å². The first-order valence-corrected chi connectivity index (χ1v) is 10.5. The van der Waals surface area contributed by atoms with E-state index in [1.165, 1.54) is 22.5 Å². The Morgan fingerprint density at radius 2 is 1.89 bits per heavy atom. The minimum atomic E-state index is -3.68. The number of nitrogens with zero attached hydrogens (tertiary/aromatic N) is 1. The molecule has 1 aliphatic rings. The number of aromatic nitrogens is 1. The van der Waals surface area contributed by atoms with Crippen molar-refractivity contribution in [1.82, 2.24) is 9.29 Å². The van der Waals surface area contributed by atoms with Gasteiger partial charge in [0.2, 0.25) is 10.0 Å². The summed E-state index contributed by atoms with van der Waals surface area (Å²) in [5.41, 5.74) is 1.52. The van der Waals surface area contributed by atoms with Crippen LogP contribution in [0.4, 0.5) is 5.69 Å². The molecule has 1 aliphatic heterocycles. The normalized spacial score (nSPS) is 15.6. The molecule has 2 heterocycles. The Morgan fingerprint density at radius 3 is 2.68 bits per heavy atom. The van der Waals surface area contributed by atoms with Gasteiger partial charge in [-0.15, -0.1) is 0 Å². The first-order valence-electron chi connectivity index (χ1n) is 8.71. The summed E-state index contributed by atoms with van der Waals surface area (Å²) in [5.74, 6) is -0.376. The molecule has 0 saturated carbocycles. The minimum Gasteiger partial charge on any atom is -0.379 e. The van der Waals surface area contributed by atoms with Gasteiger partial charge in [-0.25, -0.2) is 8.42 Å². The van der Waals surface area contributed by atoms with Gasteiger partial charge in [0.25, 0.3) is 5.91 Å². The molecule has 1 aromatic heterocycles. The third-order valence-corrected chi connectivity index (χ3v) is 6.84. The molecule has 1 amide bonds. The monoisotopic (exact) mass is 419 g/mol. The molecule has 2 aromatic carbocycles. The lowest BCUT2D eigenvalue weighted by Gasteiger charge is -2.26. The second kappa shape index (κ2) is 7.56. The Morgan fingerprint density at radius 1 is 1.11 bits per heavy atom. The fourth-order valence-electron chi connectivity index (χ4n) is 3.08. The van der Waals surface area contributed by atoms with E-state index >= 15 is 0 Å². The molecule has 0 aliphatic carbocycles. The number of morpholine rings is 1. The fourth-order valence-corrected chi connectivity index (χ4v) is 4.68. The quantitative estimate of drug-likeness (QED) is 0.679. The zero-order valence-electron chi connectivity index (χ0n) is 14.8. The van der Waals surface area contributed by atoms with Crippen LogP contribution in [-0.2, 0) is 14.8 Å². The summed E-state index contributed by atoms with van der Waals surface area (Å²) in [6, 6.07) is 11.5. The maximum Gasteiger partial charge on any atom is 0.255 e. The summed E-state index contributed by atoms with van der Waals surface area (Å²) in [4.78, 5) is 15.8. The number of hydrogen-bond donors (Lipinski definition) is 2. The summed E-state index contributed by atoms with van der Waals surface area (Å²) < 4.78 is 32.2. The lowest BCUT2D eigenvalue weighted by Crippen LogP contribution is -2.40. The van der Waals surface area contributed by atoms with E-state index < -0.39 is 10.0 Å². The zero-order valence-corrected chi connectivity index (χ0v) is 16.4. The van der Waals surface area contributed by atoms with Crippen molar-refractivity contribution in [3.05, 3.63) is 59.2 Å². The number of halogens is 1. The number of carbonyl (C=O) groups is 1. The predicted octanol–water partition coefficient (Wildman–Crippen LogP) is 3.09. The lowest BCUT2D eigenvalue weighted by atomic mass is 10.1. The van der Waals surface area contributed by atoms with E-state index in [1.54, 1.807) is 18.3 Å². The van der Waals surface area contributed by atoms with Crippen LogP contribution in [-0.4, -0.2) is 49.9 Å². The fraction of sp³-hybridized carbons (Fsp3) is 0.211. The Hall–Kier alpha value is -2.39. The molecule has 146 valence electrons. The van der Waals surface area contributed by atoms with Gasteiger partial charge in [-0.05, 0) is 41.8 Å². The number of H-pyrrole nitrogens is 1. The van der Waals surface area contributed by atoms with Gasteiger partial charge in [0.1, 0.15) is 0 Å². The third kappa shape index (κ3) is 3.64. The molecule has 0 bridgehead atoms. The molecular weight excluding hydrogens is 402 g/mol. The third-order valence-electron chi connectivity index (χ3n) is 4.61. The summed E-state index contributed by atoms with van der Waals surface area (Å²) >= 11 is 6.19. The van der Waals surface area contributed by atoms with E-state index in [2.05, 4.69) is 10.3 Å². The number of benzene rings is 2. The van der Waals surface area contributed by atoms with Crippen molar-refractivity contribution in [1.29, 1.82) is 0 Å².